The zero-order chi connectivity index (χ0) is 29.9. The molecule has 2 aliphatic rings. The van der Waals surface area contributed by atoms with Crippen LogP contribution in [-0.4, -0.2) is 57.4 Å². The van der Waals surface area contributed by atoms with E-state index in [1.165, 1.54) is 46.0 Å². The summed E-state index contributed by atoms with van der Waals surface area (Å²) in [6, 6.07) is 17.4. The van der Waals surface area contributed by atoms with Crippen molar-refractivity contribution in [2.24, 2.45) is 12.0 Å². The monoisotopic (exact) mass is 631 g/mol. The lowest BCUT2D eigenvalue weighted by Crippen LogP contribution is -2.64. The second kappa shape index (κ2) is 12.6. The maximum Gasteiger partial charge on any atom is 0.356 e. The highest BCUT2D eigenvalue weighted by Crippen LogP contribution is 2.47. The number of ether oxygens (including phenoxy) is 2. The standard InChI is InChI=1S/C31H26N4O5S3/c1-34-13-11-20(12-14-34)23-17-42-31(33-23)43-25-18-41-29-26(32-15-21-5-3-4-6-24(21)36)28(37)35(29)27(25)30(38)40-16-19-7-9-22(39-2)10-8-19/h3-15,17,26,29H,16,18H2,1-2H3/p+1/t26-,29-/m1/s1. The summed E-state index contributed by atoms with van der Waals surface area (Å²) in [5.74, 6) is 0.407. The summed E-state index contributed by atoms with van der Waals surface area (Å²) in [4.78, 5) is 38.5. The van der Waals surface area contributed by atoms with Gasteiger partial charge in [0.25, 0.3) is 5.91 Å². The highest BCUT2D eigenvalue weighted by atomic mass is 32.2. The van der Waals surface area contributed by atoms with E-state index >= 15 is 0 Å². The molecule has 2 aromatic carbocycles. The van der Waals surface area contributed by atoms with Crippen molar-refractivity contribution in [1.82, 2.24) is 9.88 Å². The summed E-state index contributed by atoms with van der Waals surface area (Å²) < 4.78 is 13.7. The first-order chi connectivity index (χ1) is 20.9. The number of pyridine rings is 1. The molecule has 0 aliphatic carbocycles. The van der Waals surface area contributed by atoms with Gasteiger partial charge in [0.2, 0.25) is 0 Å². The van der Waals surface area contributed by atoms with Crippen molar-refractivity contribution in [2.45, 2.75) is 22.4 Å². The second-order valence-corrected chi connectivity index (χ2v) is 13.0. The van der Waals surface area contributed by atoms with Crippen LogP contribution in [-0.2, 0) is 28.0 Å². The molecule has 0 radical (unpaired) electrons. The topological polar surface area (TPSA) is 105 Å². The lowest BCUT2D eigenvalue weighted by Gasteiger charge is -2.47. The molecule has 2 atom stereocenters. The molecule has 0 spiro atoms. The summed E-state index contributed by atoms with van der Waals surface area (Å²) >= 11 is 4.40. The Bertz CT molecular complexity index is 1720. The maximum atomic E-state index is 13.6. The molecule has 1 amide bonds. The second-order valence-electron chi connectivity index (χ2n) is 9.74. The van der Waals surface area contributed by atoms with Gasteiger partial charge in [0, 0.05) is 45.5 Å². The van der Waals surface area contributed by atoms with Gasteiger partial charge in [-0.2, -0.15) is 0 Å². The van der Waals surface area contributed by atoms with Gasteiger partial charge in [-0.25, -0.2) is 14.3 Å². The van der Waals surface area contributed by atoms with Crippen molar-refractivity contribution >= 4 is 53.0 Å². The van der Waals surface area contributed by atoms with Crippen LogP contribution in [0.1, 0.15) is 11.1 Å². The lowest BCUT2D eigenvalue weighted by molar-refractivity contribution is -0.671. The SMILES string of the molecule is COc1ccc(COC(=O)C2=C(Sc3nc(-c4cc[n+](C)cc4)cs3)CS[C@@H]3[C@H](N=Cc4ccccc4O)C(=O)N23)cc1. The van der Waals surface area contributed by atoms with Crippen molar-refractivity contribution < 1.29 is 28.7 Å². The number of hydrogen-bond acceptors (Lipinski definition) is 10. The van der Waals surface area contributed by atoms with E-state index in [2.05, 4.69) is 4.99 Å². The lowest BCUT2D eigenvalue weighted by atomic mass is 10.1. The molecule has 4 heterocycles. The molecular formula is C31H27N4O5S3+. The van der Waals surface area contributed by atoms with E-state index in [-0.39, 0.29) is 29.3 Å². The van der Waals surface area contributed by atoms with E-state index in [1.54, 1.807) is 43.5 Å². The number of carbonyl (C=O) groups excluding carboxylic acids is 2. The van der Waals surface area contributed by atoms with Crippen LogP contribution >= 0.6 is 34.9 Å². The third-order valence-corrected chi connectivity index (χ3v) is 10.4. The van der Waals surface area contributed by atoms with E-state index in [9.17, 15) is 14.7 Å². The summed E-state index contributed by atoms with van der Waals surface area (Å²) in [6.45, 7) is 0.0474. The molecule has 6 rings (SSSR count). The van der Waals surface area contributed by atoms with E-state index < -0.39 is 12.0 Å². The molecule has 1 fully saturated rings. The van der Waals surface area contributed by atoms with Crippen LogP contribution in [0.25, 0.3) is 11.3 Å². The number of methoxy groups -OCH3 is 1. The Morgan fingerprint density at radius 3 is 2.70 bits per heavy atom. The number of aliphatic imine (C=N–C) groups is 1. The van der Waals surface area contributed by atoms with Crippen LogP contribution in [0.15, 0.2) is 98.4 Å². The fourth-order valence-electron chi connectivity index (χ4n) is 4.55. The number of nitrogens with zero attached hydrogens (tertiary/aromatic N) is 4. The number of amides is 1. The molecule has 0 bridgehead atoms. The highest BCUT2D eigenvalue weighted by molar-refractivity contribution is 8.07. The van der Waals surface area contributed by atoms with Crippen molar-refractivity contribution in [3.8, 4) is 22.8 Å². The van der Waals surface area contributed by atoms with Crippen LogP contribution in [0, 0.1) is 0 Å². The molecule has 2 aromatic heterocycles. The van der Waals surface area contributed by atoms with Gasteiger partial charge in [-0.1, -0.05) is 36.0 Å². The predicted octanol–water partition coefficient (Wildman–Crippen LogP) is 4.80. The number of para-hydroxylation sites is 1. The van der Waals surface area contributed by atoms with Crippen molar-refractivity contribution in [2.75, 3.05) is 12.9 Å². The Kier molecular flexibility index (Phi) is 8.50. The molecular weight excluding hydrogens is 605 g/mol. The molecule has 12 heteroatoms. The first-order valence-electron chi connectivity index (χ1n) is 13.3. The summed E-state index contributed by atoms with van der Waals surface area (Å²) in [5, 5.41) is 11.7. The fraction of sp³-hybridized carbons (Fsp3) is 0.194. The number of carbonyl (C=O) groups is 2. The van der Waals surface area contributed by atoms with Crippen LogP contribution in [0.3, 0.4) is 0 Å². The van der Waals surface area contributed by atoms with Gasteiger partial charge in [0.05, 0.1) is 12.8 Å². The minimum absolute atomic E-state index is 0.0474. The number of β-lactam (4-membered cyclic amide) rings is 1. The van der Waals surface area contributed by atoms with Crippen LogP contribution < -0.4 is 9.30 Å². The zero-order valence-corrected chi connectivity index (χ0v) is 25.7. The summed E-state index contributed by atoms with van der Waals surface area (Å²) in [7, 11) is 3.55. The number of aromatic nitrogens is 2. The largest absolute Gasteiger partial charge is 0.507 e. The predicted molar refractivity (Wildman–Crippen MR) is 167 cm³/mol. The van der Waals surface area contributed by atoms with Gasteiger partial charge in [-0.05, 0) is 29.8 Å². The number of esters is 1. The van der Waals surface area contributed by atoms with Crippen molar-refractivity contribution in [3.63, 3.8) is 0 Å². The van der Waals surface area contributed by atoms with Gasteiger partial charge < -0.3 is 14.6 Å². The smallest absolute Gasteiger partial charge is 0.356 e. The number of phenolic OH excluding ortho intramolecular Hbond substituents is 1. The van der Waals surface area contributed by atoms with Crippen LogP contribution in [0.5, 0.6) is 11.5 Å². The number of fused-ring (bicyclic) bond motifs is 1. The Hall–Kier alpha value is -4.13. The fourth-order valence-corrected chi connectivity index (χ4v) is 8.00. The van der Waals surface area contributed by atoms with E-state index in [0.717, 1.165) is 21.2 Å². The Morgan fingerprint density at radius 1 is 1.19 bits per heavy atom. The van der Waals surface area contributed by atoms with Gasteiger partial charge in [-0.15, -0.1) is 23.1 Å². The molecule has 1 N–H and O–H groups in total. The van der Waals surface area contributed by atoms with E-state index in [1.807, 2.05) is 53.7 Å². The first kappa shape index (κ1) is 29.0. The van der Waals surface area contributed by atoms with Crippen LogP contribution in [0.4, 0.5) is 0 Å². The number of thioether (sulfide) groups is 2. The van der Waals surface area contributed by atoms with E-state index in [0.29, 0.717) is 22.0 Å². The van der Waals surface area contributed by atoms with E-state index in [4.69, 9.17) is 14.5 Å². The molecule has 1 saturated heterocycles. The Balaban J connectivity index is 1.25. The number of benzene rings is 2. The molecule has 0 saturated carbocycles. The number of aryl methyl sites for hydroxylation is 1. The van der Waals surface area contributed by atoms with Gasteiger partial charge in [0.15, 0.2) is 22.8 Å². The summed E-state index contributed by atoms with van der Waals surface area (Å²) in [5.41, 5.74) is 3.39. The van der Waals surface area contributed by atoms with Crippen LogP contribution in [0.2, 0.25) is 0 Å². The van der Waals surface area contributed by atoms with Crippen molar-refractivity contribution in [3.05, 3.63) is 100 Å². The zero-order valence-electron chi connectivity index (χ0n) is 23.2. The third kappa shape index (κ3) is 6.17. The summed E-state index contributed by atoms with van der Waals surface area (Å²) in [6.07, 6.45) is 5.44. The van der Waals surface area contributed by atoms with Gasteiger partial charge in [-0.3, -0.25) is 14.7 Å². The quantitative estimate of drug-likeness (QED) is 0.122. The number of hydrogen-bond donors (Lipinski definition) is 1. The number of phenols is 1. The molecule has 4 aromatic rings. The first-order valence-corrected chi connectivity index (χ1v) is 16.0. The molecule has 218 valence electrons. The minimum Gasteiger partial charge on any atom is -0.507 e. The normalized spacial score (nSPS) is 18.0. The third-order valence-electron chi connectivity index (χ3n) is 6.91. The Morgan fingerprint density at radius 2 is 1.95 bits per heavy atom. The average molecular weight is 632 g/mol. The van der Waals surface area contributed by atoms with Gasteiger partial charge in [0.1, 0.15) is 36.2 Å². The highest BCUT2D eigenvalue weighted by Gasteiger charge is 2.54. The molecule has 0 unspecified atom stereocenters. The minimum atomic E-state index is -0.675. The molecule has 9 nitrogen and oxygen atoms in total. The number of aromatic hydroxyl groups is 1. The maximum absolute atomic E-state index is 13.6. The number of rotatable bonds is 9. The van der Waals surface area contributed by atoms with Crippen molar-refractivity contribution in [1.29, 1.82) is 0 Å². The molecule has 43 heavy (non-hydrogen) atoms. The van der Waals surface area contributed by atoms with Gasteiger partial charge >= 0.3 is 5.97 Å². The Labute approximate surface area is 260 Å². The molecule has 2 aliphatic heterocycles. The average Bonchev–Trinajstić information content (AvgIpc) is 3.49. The number of thiazole rings is 1.